The summed E-state index contributed by atoms with van der Waals surface area (Å²) >= 11 is 1.31. The molecule has 29 heavy (non-hydrogen) atoms. The maximum atomic E-state index is 13.3. The molecule has 0 atom stereocenters. The van der Waals surface area contributed by atoms with Crippen molar-refractivity contribution in [3.63, 3.8) is 0 Å². The second-order valence-electron chi connectivity index (χ2n) is 6.70. The number of amides is 1. The fourth-order valence-electron chi connectivity index (χ4n) is 3.25. The first-order chi connectivity index (χ1) is 14.1. The van der Waals surface area contributed by atoms with Crippen LogP contribution in [0.2, 0.25) is 0 Å². The number of benzene rings is 2. The summed E-state index contributed by atoms with van der Waals surface area (Å²) in [7, 11) is 0. The highest BCUT2D eigenvalue weighted by Crippen LogP contribution is 2.24. The number of nitrogens with zero attached hydrogens (tertiary/aromatic N) is 4. The van der Waals surface area contributed by atoms with Gasteiger partial charge in [0.25, 0.3) is 5.56 Å². The molecule has 8 heteroatoms. The van der Waals surface area contributed by atoms with Crippen LogP contribution < -0.4 is 10.9 Å². The van der Waals surface area contributed by atoms with Crippen molar-refractivity contribution >= 4 is 34.3 Å². The summed E-state index contributed by atoms with van der Waals surface area (Å²) in [5.74, 6) is 0.614. The van der Waals surface area contributed by atoms with E-state index in [9.17, 15) is 9.59 Å². The van der Waals surface area contributed by atoms with Crippen LogP contribution in [0.1, 0.15) is 18.9 Å². The van der Waals surface area contributed by atoms with Crippen molar-refractivity contribution < 1.29 is 4.79 Å². The van der Waals surface area contributed by atoms with E-state index in [-0.39, 0.29) is 17.2 Å². The molecule has 2 aromatic carbocycles. The average molecular weight is 407 g/mol. The van der Waals surface area contributed by atoms with Crippen LogP contribution in [0.5, 0.6) is 0 Å². The van der Waals surface area contributed by atoms with Crippen molar-refractivity contribution in [2.24, 2.45) is 0 Å². The predicted octanol–water partition coefficient (Wildman–Crippen LogP) is 2.96. The van der Waals surface area contributed by atoms with Gasteiger partial charge in [-0.2, -0.15) is 0 Å². The zero-order chi connectivity index (χ0) is 20.4. The molecule has 0 unspecified atom stereocenters. The van der Waals surface area contributed by atoms with E-state index in [0.717, 1.165) is 23.2 Å². The Kier molecular flexibility index (Phi) is 5.35. The number of nitrogens with one attached hydrogen (secondary N) is 1. The first-order valence-electron chi connectivity index (χ1n) is 9.46. The summed E-state index contributed by atoms with van der Waals surface area (Å²) in [6, 6.07) is 15.1. The number of para-hydroxylation sites is 2. The van der Waals surface area contributed by atoms with E-state index >= 15 is 0 Å². The summed E-state index contributed by atoms with van der Waals surface area (Å²) in [5.41, 5.74) is 2.30. The number of hydrogen-bond donors (Lipinski definition) is 1. The van der Waals surface area contributed by atoms with Gasteiger partial charge in [-0.25, -0.2) is 4.57 Å². The monoisotopic (exact) mass is 407 g/mol. The molecule has 148 valence electrons. The molecule has 0 saturated heterocycles. The lowest BCUT2D eigenvalue weighted by Gasteiger charge is -2.13. The Hall–Kier alpha value is -3.13. The maximum absolute atomic E-state index is 13.3. The van der Waals surface area contributed by atoms with Crippen molar-refractivity contribution in [1.82, 2.24) is 24.5 Å². The Morgan fingerprint density at radius 2 is 1.86 bits per heavy atom. The lowest BCUT2D eigenvalue weighted by molar-refractivity contribution is -0.118. The number of thioether (sulfide) groups is 1. The first-order valence-corrected chi connectivity index (χ1v) is 10.4. The minimum atomic E-state index is -0.146. The molecule has 4 aromatic rings. The van der Waals surface area contributed by atoms with Crippen LogP contribution >= 0.6 is 11.8 Å². The Balaban J connectivity index is 1.90. The first kappa shape index (κ1) is 19.2. The van der Waals surface area contributed by atoms with Crippen molar-refractivity contribution in [2.45, 2.75) is 25.4 Å². The van der Waals surface area contributed by atoms with E-state index in [1.807, 2.05) is 60.7 Å². The Labute approximate surface area is 171 Å². The Morgan fingerprint density at radius 3 is 2.66 bits per heavy atom. The molecule has 0 bridgehead atoms. The number of aromatic nitrogens is 4. The fourth-order valence-corrected chi connectivity index (χ4v) is 4.02. The van der Waals surface area contributed by atoms with Gasteiger partial charge >= 0.3 is 0 Å². The fraction of sp³-hybridized carbons (Fsp3) is 0.238. The minimum Gasteiger partial charge on any atom is -0.355 e. The predicted molar refractivity (Wildman–Crippen MR) is 115 cm³/mol. The molecule has 2 heterocycles. The van der Waals surface area contributed by atoms with Gasteiger partial charge < -0.3 is 5.32 Å². The van der Waals surface area contributed by atoms with Gasteiger partial charge in [-0.3, -0.25) is 14.0 Å². The normalized spacial score (nSPS) is 11.2. The van der Waals surface area contributed by atoms with Crippen molar-refractivity contribution in [3.8, 4) is 5.69 Å². The molecule has 4 rings (SSSR count). The van der Waals surface area contributed by atoms with Crippen molar-refractivity contribution in [1.29, 1.82) is 0 Å². The third-order valence-electron chi connectivity index (χ3n) is 4.66. The SMILES string of the molecule is CCCNC(=O)CSc1nnc2n(-c3ccccc3C)c(=O)c3ccccc3n12. The van der Waals surface area contributed by atoms with Crippen LogP contribution in [0.4, 0.5) is 0 Å². The molecule has 0 radical (unpaired) electrons. The second-order valence-corrected chi connectivity index (χ2v) is 7.64. The Bertz CT molecular complexity index is 1260. The summed E-state index contributed by atoms with van der Waals surface area (Å²) in [4.78, 5) is 25.3. The molecule has 2 aromatic heterocycles. The molecule has 0 fully saturated rings. The lowest BCUT2D eigenvalue weighted by atomic mass is 10.2. The van der Waals surface area contributed by atoms with Crippen molar-refractivity contribution in [3.05, 3.63) is 64.4 Å². The molecule has 0 saturated carbocycles. The van der Waals surface area contributed by atoms with E-state index in [2.05, 4.69) is 15.5 Å². The zero-order valence-corrected chi connectivity index (χ0v) is 17.1. The van der Waals surface area contributed by atoms with E-state index in [1.54, 1.807) is 10.6 Å². The number of hydrogen-bond acceptors (Lipinski definition) is 5. The smallest absolute Gasteiger partial charge is 0.267 e. The van der Waals surface area contributed by atoms with Crippen LogP contribution in [0.3, 0.4) is 0 Å². The topological polar surface area (TPSA) is 81.3 Å². The van der Waals surface area contributed by atoms with Gasteiger partial charge in [0.2, 0.25) is 11.7 Å². The number of rotatable bonds is 6. The molecule has 7 nitrogen and oxygen atoms in total. The minimum absolute atomic E-state index is 0.0508. The maximum Gasteiger partial charge on any atom is 0.267 e. The van der Waals surface area contributed by atoms with Crippen LogP contribution in [0.25, 0.3) is 22.4 Å². The lowest BCUT2D eigenvalue weighted by Crippen LogP contribution is -2.25. The highest BCUT2D eigenvalue weighted by atomic mass is 32.2. The molecule has 0 aliphatic rings. The van der Waals surface area contributed by atoms with Gasteiger partial charge in [-0.05, 0) is 37.1 Å². The van der Waals surface area contributed by atoms with Gasteiger partial charge in [0.1, 0.15) is 0 Å². The molecule has 0 aliphatic heterocycles. The molecular formula is C21H21N5O2S. The van der Waals surface area contributed by atoms with Crippen LogP contribution in [-0.2, 0) is 4.79 Å². The van der Waals surface area contributed by atoms with E-state index in [1.165, 1.54) is 11.8 Å². The molecule has 1 N–H and O–H groups in total. The summed E-state index contributed by atoms with van der Waals surface area (Å²) in [5, 5.41) is 12.6. The zero-order valence-electron chi connectivity index (χ0n) is 16.3. The number of aryl methyl sites for hydroxylation is 1. The van der Waals surface area contributed by atoms with E-state index < -0.39 is 0 Å². The number of fused-ring (bicyclic) bond motifs is 3. The summed E-state index contributed by atoms with van der Waals surface area (Å²) in [6.07, 6.45) is 0.887. The van der Waals surface area contributed by atoms with Gasteiger partial charge in [0.15, 0.2) is 5.16 Å². The quantitative estimate of drug-likeness (QED) is 0.497. The third kappa shape index (κ3) is 3.51. The number of carbonyl (C=O) groups excluding carboxylic acids is 1. The van der Waals surface area contributed by atoms with Crippen LogP contribution in [0, 0.1) is 6.92 Å². The van der Waals surface area contributed by atoms with Gasteiger partial charge in [0.05, 0.1) is 22.3 Å². The molecule has 0 spiro atoms. The third-order valence-corrected chi connectivity index (χ3v) is 5.58. The van der Waals surface area contributed by atoms with Crippen LogP contribution in [-0.4, -0.2) is 37.4 Å². The largest absolute Gasteiger partial charge is 0.355 e. The van der Waals surface area contributed by atoms with Crippen LogP contribution in [0.15, 0.2) is 58.5 Å². The van der Waals surface area contributed by atoms with Gasteiger partial charge in [-0.15, -0.1) is 10.2 Å². The number of carbonyl (C=O) groups is 1. The highest BCUT2D eigenvalue weighted by Gasteiger charge is 2.19. The standard InChI is InChI=1S/C21H21N5O2S/c1-3-12-22-18(27)13-29-21-24-23-20-25(16-10-6-4-8-14(16)2)19(28)15-9-5-7-11-17(15)26(20)21/h4-11H,3,12-13H2,1-2H3,(H,22,27). The summed E-state index contributed by atoms with van der Waals surface area (Å²) < 4.78 is 3.44. The summed E-state index contributed by atoms with van der Waals surface area (Å²) in [6.45, 7) is 4.61. The van der Waals surface area contributed by atoms with Gasteiger partial charge in [0, 0.05) is 6.54 Å². The van der Waals surface area contributed by atoms with Gasteiger partial charge in [-0.1, -0.05) is 49.0 Å². The van der Waals surface area contributed by atoms with E-state index in [4.69, 9.17) is 0 Å². The molecular weight excluding hydrogens is 386 g/mol. The average Bonchev–Trinajstić information content (AvgIpc) is 3.16. The van der Waals surface area contributed by atoms with E-state index in [0.29, 0.717) is 22.9 Å². The second kappa shape index (κ2) is 8.08. The molecule has 1 amide bonds. The van der Waals surface area contributed by atoms with Crippen molar-refractivity contribution in [2.75, 3.05) is 12.3 Å². The molecule has 0 aliphatic carbocycles. The Morgan fingerprint density at radius 1 is 1.10 bits per heavy atom. The highest BCUT2D eigenvalue weighted by molar-refractivity contribution is 7.99.